The molecule has 1 fully saturated rings. The molecule has 3 rings (SSSR count). The highest BCUT2D eigenvalue weighted by atomic mass is 35.5. The van der Waals surface area contributed by atoms with Gasteiger partial charge in [-0.15, -0.1) is 0 Å². The van der Waals surface area contributed by atoms with Crippen molar-refractivity contribution in [2.45, 2.75) is 18.9 Å². The third kappa shape index (κ3) is 4.67. The van der Waals surface area contributed by atoms with E-state index in [-0.39, 0.29) is 18.5 Å². The van der Waals surface area contributed by atoms with Crippen LogP contribution in [0.3, 0.4) is 0 Å². The molecular formula is C20H22Cl2N2O3. The predicted molar refractivity (Wildman–Crippen MR) is 108 cm³/mol. The number of hydrogen-bond donors (Lipinski definition) is 1. The highest BCUT2D eigenvalue weighted by molar-refractivity contribution is 6.36. The molecule has 1 amide bonds. The Balaban J connectivity index is 1.72. The normalized spacial score (nSPS) is 17.0. The number of benzene rings is 2. The molecule has 1 saturated heterocycles. The van der Waals surface area contributed by atoms with Gasteiger partial charge in [-0.1, -0.05) is 29.3 Å². The van der Waals surface area contributed by atoms with Gasteiger partial charge in [0.25, 0.3) is 0 Å². The van der Waals surface area contributed by atoms with Crippen LogP contribution in [-0.2, 0) is 4.79 Å². The Bertz CT molecular complexity index is 829. The lowest BCUT2D eigenvalue weighted by atomic mass is 10.0. The maximum absolute atomic E-state index is 12.5. The van der Waals surface area contributed by atoms with Crippen LogP contribution in [0.15, 0.2) is 36.4 Å². The third-order valence-electron chi connectivity index (χ3n) is 4.72. The number of ether oxygens (including phenoxy) is 2. The number of carbonyl (C=O) groups is 1. The fraction of sp³-hybridized carbons (Fsp3) is 0.350. The zero-order chi connectivity index (χ0) is 19.4. The molecule has 1 aliphatic rings. The van der Waals surface area contributed by atoms with Gasteiger partial charge >= 0.3 is 0 Å². The van der Waals surface area contributed by atoms with Gasteiger partial charge in [-0.05, 0) is 43.7 Å². The molecule has 2 aromatic rings. The topological polar surface area (TPSA) is 50.8 Å². The Morgan fingerprint density at radius 1 is 1.19 bits per heavy atom. The highest BCUT2D eigenvalue weighted by Crippen LogP contribution is 2.38. The van der Waals surface area contributed by atoms with Crippen molar-refractivity contribution in [3.05, 3.63) is 52.0 Å². The van der Waals surface area contributed by atoms with Crippen molar-refractivity contribution >= 4 is 34.8 Å². The third-order valence-corrected chi connectivity index (χ3v) is 5.26. The van der Waals surface area contributed by atoms with E-state index in [0.29, 0.717) is 15.7 Å². The Morgan fingerprint density at radius 3 is 2.70 bits per heavy atom. The Kier molecular flexibility index (Phi) is 6.47. The van der Waals surface area contributed by atoms with Gasteiger partial charge in [-0.3, -0.25) is 9.69 Å². The van der Waals surface area contributed by atoms with Gasteiger partial charge in [0.05, 0.1) is 31.5 Å². The average Bonchev–Trinajstić information content (AvgIpc) is 3.11. The second-order valence-corrected chi connectivity index (χ2v) is 7.25. The fourth-order valence-corrected chi connectivity index (χ4v) is 3.88. The molecule has 0 saturated carbocycles. The Morgan fingerprint density at radius 2 is 2.00 bits per heavy atom. The number of carbonyl (C=O) groups excluding carboxylic acids is 1. The minimum Gasteiger partial charge on any atom is -0.497 e. The largest absolute Gasteiger partial charge is 0.497 e. The van der Waals surface area contributed by atoms with E-state index < -0.39 is 0 Å². The van der Waals surface area contributed by atoms with E-state index in [1.165, 1.54) is 0 Å². The van der Waals surface area contributed by atoms with E-state index in [4.69, 9.17) is 32.7 Å². The van der Waals surface area contributed by atoms with Gasteiger partial charge in [-0.25, -0.2) is 0 Å². The molecule has 7 heteroatoms. The van der Waals surface area contributed by atoms with E-state index in [1.54, 1.807) is 32.4 Å². The zero-order valence-corrected chi connectivity index (χ0v) is 16.8. The molecule has 0 aliphatic carbocycles. The van der Waals surface area contributed by atoms with Gasteiger partial charge in [0.1, 0.15) is 11.5 Å². The van der Waals surface area contributed by atoms with E-state index in [2.05, 4.69) is 10.2 Å². The maximum Gasteiger partial charge on any atom is 0.238 e. The van der Waals surface area contributed by atoms with E-state index in [0.717, 1.165) is 36.4 Å². The highest BCUT2D eigenvalue weighted by Gasteiger charge is 2.30. The molecule has 1 N–H and O–H groups in total. The number of halogens is 2. The molecule has 1 atom stereocenters. The van der Waals surface area contributed by atoms with Crippen molar-refractivity contribution in [2.24, 2.45) is 0 Å². The minimum absolute atomic E-state index is 0.112. The van der Waals surface area contributed by atoms with Gasteiger partial charge in [0.2, 0.25) is 5.91 Å². The number of hydrogen-bond acceptors (Lipinski definition) is 4. The molecule has 0 aromatic heterocycles. The zero-order valence-electron chi connectivity index (χ0n) is 15.3. The second-order valence-electron chi connectivity index (χ2n) is 6.41. The number of amides is 1. The van der Waals surface area contributed by atoms with Crippen molar-refractivity contribution in [3.63, 3.8) is 0 Å². The first-order valence-corrected chi connectivity index (χ1v) is 9.48. The number of rotatable bonds is 6. The first-order chi connectivity index (χ1) is 13.0. The quantitative estimate of drug-likeness (QED) is 0.746. The smallest absolute Gasteiger partial charge is 0.238 e. The first kappa shape index (κ1) is 19.8. The average molecular weight is 409 g/mol. The predicted octanol–water partition coefficient (Wildman–Crippen LogP) is 4.79. The maximum atomic E-state index is 12.5. The summed E-state index contributed by atoms with van der Waals surface area (Å²) in [4.78, 5) is 14.7. The van der Waals surface area contributed by atoms with Crippen LogP contribution < -0.4 is 14.8 Å². The summed E-state index contributed by atoms with van der Waals surface area (Å²) >= 11 is 12.0. The van der Waals surface area contributed by atoms with Crippen LogP contribution in [-0.4, -0.2) is 38.1 Å². The van der Waals surface area contributed by atoms with Gasteiger partial charge in [0, 0.05) is 22.7 Å². The summed E-state index contributed by atoms with van der Waals surface area (Å²) < 4.78 is 10.8. The van der Waals surface area contributed by atoms with Gasteiger partial charge < -0.3 is 14.8 Å². The number of anilines is 1. The molecule has 2 aromatic carbocycles. The van der Waals surface area contributed by atoms with Crippen LogP contribution in [0.25, 0.3) is 0 Å². The van der Waals surface area contributed by atoms with Crippen molar-refractivity contribution in [1.29, 1.82) is 0 Å². The van der Waals surface area contributed by atoms with Crippen LogP contribution in [0.4, 0.5) is 5.69 Å². The summed E-state index contributed by atoms with van der Waals surface area (Å²) in [6, 6.07) is 10.9. The standard InChI is InChI=1S/C20H22Cl2N2O3/c1-26-14-6-7-15(19(11-14)27-2)18-4-3-9-24(18)12-20(25)23-17-8-5-13(21)10-16(17)22/h5-8,10-11,18H,3-4,9,12H2,1-2H3,(H,23,25)/t18-/m0/s1. The summed E-state index contributed by atoms with van der Waals surface area (Å²) in [5.74, 6) is 1.40. The number of nitrogens with zero attached hydrogens (tertiary/aromatic N) is 1. The summed E-state index contributed by atoms with van der Waals surface area (Å²) in [5, 5.41) is 3.81. The molecule has 0 spiro atoms. The Labute approximate surface area is 169 Å². The summed E-state index contributed by atoms with van der Waals surface area (Å²) in [6.07, 6.45) is 1.99. The molecule has 144 valence electrons. The van der Waals surface area contributed by atoms with Crippen LogP contribution in [0.2, 0.25) is 10.0 Å². The fourth-order valence-electron chi connectivity index (χ4n) is 3.43. The SMILES string of the molecule is COc1ccc([C@@H]2CCCN2CC(=O)Nc2ccc(Cl)cc2Cl)c(OC)c1. The van der Waals surface area contributed by atoms with E-state index in [1.807, 2.05) is 18.2 Å². The first-order valence-electron chi connectivity index (χ1n) is 8.72. The minimum atomic E-state index is -0.112. The lowest BCUT2D eigenvalue weighted by molar-refractivity contribution is -0.117. The monoisotopic (exact) mass is 408 g/mol. The van der Waals surface area contributed by atoms with Crippen LogP contribution in [0, 0.1) is 0 Å². The molecule has 0 unspecified atom stereocenters. The number of likely N-dealkylation sites (tertiary alicyclic amines) is 1. The lowest BCUT2D eigenvalue weighted by Gasteiger charge is -2.26. The van der Waals surface area contributed by atoms with Gasteiger partial charge in [0.15, 0.2) is 0 Å². The molecule has 1 aliphatic heterocycles. The molecule has 1 heterocycles. The van der Waals surface area contributed by atoms with E-state index >= 15 is 0 Å². The Hall–Kier alpha value is -1.95. The number of nitrogens with one attached hydrogen (secondary N) is 1. The molecule has 0 radical (unpaired) electrons. The molecule has 27 heavy (non-hydrogen) atoms. The van der Waals surface area contributed by atoms with Crippen molar-refractivity contribution in [3.8, 4) is 11.5 Å². The molecule has 0 bridgehead atoms. The number of methoxy groups -OCH3 is 2. The van der Waals surface area contributed by atoms with Crippen molar-refractivity contribution in [2.75, 3.05) is 32.6 Å². The van der Waals surface area contributed by atoms with Crippen LogP contribution in [0.5, 0.6) is 11.5 Å². The molecular weight excluding hydrogens is 387 g/mol. The molecule has 5 nitrogen and oxygen atoms in total. The van der Waals surface area contributed by atoms with E-state index in [9.17, 15) is 4.79 Å². The summed E-state index contributed by atoms with van der Waals surface area (Å²) in [5.41, 5.74) is 1.62. The summed E-state index contributed by atoms with van der Waals surface area (Å²) in [6.45, 7) is 1.13. The second kappa shape index (κ2) is 8.83. The summed E-state index contributed by atoms with van der Waals surface area (Å²) in [7, 11) is 3.27. The van der Waals surface area contributed by atoms with Crippen LogP contribution >= 0.6 is 23.2 Å². The van der Waals surface area contributed by atoms with Gasteiger partial charge in [-0.2, -0.15) is 0 Å². The van der Waals surface area contributed by atoms with Crippen molar-refractivity contribution in [1.82, 2.24) is 4.90 Å². The lowest BCUT2D eigenvalue weighted by Crippen LogP contribution is -2.33. The van der Waals surface area contributed by atoms with Crippen molar-refractivity contribution < 1.29 is 14.3 Å². The van der Waals surface area contributed by atoms with Crippen LogP contribution in [0.1, 0.15) is 24.4 Å².